The van der Waals surface area contributed by atoms with E-state index in [1.54, 1.807) is 23.1 Å². The van der Waals surface area contributed by atoms with Crippen LogP contribution in [-0.4, -0.2) is 48.8 Å². The van der Waals surface area contributed by atoms with Crippen LogP contribution < -0.4 is 11.1 Å². The molecule has 1 aliphatic heterocycles. The summed E-state index contributed by atoms with van der Waals surface area (Å²) in [4.78, 5) is 25.6. The molecule has 0 saturated carbocycles. The lowest BCUT2D eigenvalue weighted by Crippen LogP contribution is -2.42. The number of esters is 1. The van der Waals surface area contributed by atoms with E-state index in [0.717, 1.165) is 18.5 Å². The lowest BCUT2D eigenvalue weighted by molar-refractivity contribution is 0.0235. The second-order valence-corrected chi connectivity index (χ2v) is 7.14. The number of nitrogens with one attached hydrogen (secondary N) is 1. The van der Waals surface area contributed by atoms with Gasteiger partial charge in [0.25, 0.3) is 0 Å². The van der Waals surface area contributed by atoms with Crippen LogP contribution in [0.2, 0.25) is 0 Å². The number of rotatable bonds is 4. The molecule has 7 nitrogen and oxygen atoms in total. The number of likely N-dealkylation sites (tertiary alicyclic amines) is 1. The van der Waals surface area contributed by atoms with Crippen LogP contribution in [0.15, 0.2) is 18.2 Å². The Morgan fingerprint density at radius 1 is 1.36 bits per heavy atom. The van der Waals surface area contributed by atoms with Gasteiger partial charge < -0.3 is 25.4 Å². The highest BCUT2D eigenvalue weighted by Crippen LogP contribution is 2.24. The van der Waals surface area contributed by atoms with Crippen molar-refractivity contribution in [3.63, 3.8) is 0 Å². The average Bonchev–Trinajstić information content (AvgIpc) is 3.00. The molecule has 1 heterocycles. The zero-order chi connectivity index (χ0) is 18.6. The van der Waals surface area contributed by atoms with Crippen molar-refractivity contribution >= 4 is 23.4 Å². The third-order valence-electron chi connectivity index (χ3n) is 4.01. The molecule has 1 aromatic carbocycles. The predicted octanol–water partition coefficient (Wildman–Crippen LogP) is 2.87. The normalized spacial score (nSPS) is 17.3. The summed E-state index contributed by atoms with van der Waals surface area (Å²) in [6, 6.07) is 5.03. The fraction of sp³-hybridized carbons (Fsp3) is 0.556. The van der Waals surface area contributed by atoms with E-state index < -0.39 is 11.6 Å². The highest BCUT2D eigenvalue weighted by molar-refractivity contribution is 5.91. The van der Waals surface area contributed by atoms with Crippen molar-refractivity contribution < 1.29 is 19.1 Å². The molecule has 7 heteroatoms. The largest absolute Gasteiger partial charge is 0.465 e. The van der Waals surface area contributed by atoms with Crippen LogP contribution in [-0.2, 0) is 9.47 Å². The number of amides is 1. The minimum absolute atomic E-state index is 0.0505. The molecule has 1 amide bonds. The molecule has 1 atom stereocenters. The van der Waals surface area contributed by atoms with Gasteiger partial charge >= 0.3 is 12.1 Å². The van der Waals surface area contributed by atoms with Crippen LogP contribution in [0.4, 0.5) is 16.2 Å². The van der Waals surface area contributed by atoms with Crippen molar-refractivity contribution in [2.24, 2.45) is 0 Å². The average molecular weight is 349 g/mol. The minimum Gasteiger partial charge on any atom is -0.465 e. The van der Waals surface area contributed by atoms with Gasteiger partial charge in [-0.2, -0.15) is 0 Å². The number of nitrogens with zero attached hydrogens (tertiary/aromatic N) is 1. The van der Waals surface area contributed by atoms with E-state index in [4.69, 9.17) is 10.5 Å². The summed E-state index contributed by atoms with van der Waals surface area (Å²) in [5, 5.41) is 3.26. The summed E-state index contributed by atoms with van der Waals surface area (Å²) < 4.78 is 10.1. The molecule has 2 rings (SSSR count). The van der Waals surface area contributed by atoms with E-state index in [0.29, 0.717) is 24.3 Å². The van der Waals surface area contributed by atoms with Gasteiger partial charge in [0.15, 0.2) is 0 Å². The van der Waals surface area contributed by atoms with Gasteiger partial charge in [-0.25, -0.2) is 9.59 Å². The van der Waals surface area contributed by atoms with Gasteiger partial charge in [-0.15, -0.1) is 0 Å². The summed E-state index contributed by atoms with van der Waals surface area (Å²) in [6.45, 7) is 6.84. The topological polar surface area (TPSA) is 93.9 Å². The number of carbonyl (C=O) groups excluding carboxylic acids is 2. The minimum atomic E-state index is -0.508. The first-order valence-corrected chi connectivity index (χ1v) is 8.42. The van der Waals surface area contributed by atoms with Crippen LogP contribution in [0.25, 0.3) is 0 Å². The Labute approximate surface area is 148 Å². The van der Waals surface area contributed by atoms with Crippen LogP contribution in [0.1, 0.15) is 44.0 Å². The van der Waals surface area contributed by atoms with E-state index in [-0.39, 0.29) is 12.1 Å². The molecule has 1 saturated heterocycles. The first-order valence-electron chi connectivity index (χ1n) is 8.42. The second kappa shape index (κ2) is 7.63. The Morgan fingerprint density at radius 3 is 2.68 bits per heavy atom. The predicted molar refractivity (Wildman–Crippen MR) is 96.6 cm³/mol. The third kappa shape index (κ3) is 5.01. The smallest absolute Gasteiger partial charge is 0.410 e. The summed E-state index contributed by atoms with van der Waals surface area (Å²) in [7, 11) is 1.33. The highest BCUT2D eigenvalue weighted by atomic mass is 16.6. The van der Waals surface area contributed by atoms with E-state index in [1.165, 1.54) is 7.11 Å². The van der Waals surface area contributed by atoms with Gasteiger partial charge in [0.2, 0.25) is 0 Å². The number of carbonyl (C=O) groups is 2. The third-order valence-corrected chi connectivity index (χ3v) is 4.01. The van der Waals surface area contributed by atoms with E-state index in [2.05, 4.69) is 10.1 Å². The number of nitrogen functional groups attached to an aromatic ring is 1. The molecule has 1 aliphatic rings. The quantitative estimate of drug-likeness (QED) is 0.641. The maximum Gasteiger partial charge on any atom is 0.410 e. The first-order chi connectivity index (χ1) is 11.7. The molecule has 0 unspecified atom stereocenters. The van der Waals surface area contributed by atoms with Crippen LogP contribution >= 0.6 is 0 Å². The fourth-order valence-corrected chi connectivity index (χ4v) is 2.81. The van der Waals surface area contributed by atoms with Crippen molar-refractivity contribution in [1.29, 1.82) is 0 Å². The van der Waals surface area contributed by atoms with Gasteiger partial charge in [0.05, 0.1) is 30.1 Å². The Morgan fingerprint density at radius 2 is 2.08 bits per heavy atom. The number of hydrogen-bond acceptors (Lipinski definition) is 6. The van der Waals surface area contributed by atoms with Gasteiger partial charge in [-0.3, -0.25) is 0 Å². The number of ether oxygens (including phenoxy) is 2. The Balaban J connectivity index is 1.98. The Bertz CT molecular complexity index is 640. The SMILES string of the molecule is COC(=O)c1ccc(NC[C@H]2CCCN2C(=O)OC(C)(C)C)c(N)c1. The summed E-state index contributed by atoms with van der Waals surface area (Å²) in [6.07, 6.45) is 1.57. The fourth-order valence-electron chi connectivity index (χ4n) is 2.81. The van der Waals surface area contributed by atoms with Gasteiger partial charge in [0.1, 0.15) is 5.60 Å². The van der Waals surface area contributed by atoms with Crippen molar-refractivity contribution in [3.8, 4) is 0 Å². The van der Waals surface area contributed by atoms with Gasteiger partial charge in [0, 0.05) is 13.1 Å². The molecule has 0 aromatic heterocycles. The monoisotopic (exact) mass is 349 g/mol. The first kappa shape index (κ1) is 18.9. The Hall–Kier alpha value is -2.44. The number of anilines is 2. The van der Waals surface area contributed by atoms with Crippen LogP contribution in [0.5, 0.6) is 0 Å². The standard InChI is InChI=1S/C18H27N3O4/c1-18(2,3)25-17(23)21-9-5-6-13(21)11-20-15-8-7-12(10-14(15)19)16(22)24-4/h7-8,10,13,20H,5-6,9,11,19H2,1-4H3/t13-/m1/s1. The van der Waals surface area contributed by atoms with Gasteiger partial charge in [-0.1, -0.05) is 0 Å². The Kier molecular flexibility index (Phi) is 5.77. The molecule has 0 spiro atoms. The number of hydrogen-bond donors (Lipinski definition) is 2. The molecule has 3 N–H and O–H groups in total. The number of benzene rings is 1. The molecule has 0 radical (unpaired) electrons. The zero-order valence-corrected chi connectivity index (χ0v) is 15.3. The molecular formula is C18H27N3O4. The second-order valence-electron chi connectivity index (χ2n) is 7.14. The molecule has 1 fully saturated rings. The molecule has 138 valence electrons. The van der Waals surface area contributed by atoms with Crippen molar-refractivity contribution in [2.45, 2.75) is 45.3 Å². The van der Waals surface area contributed by atoms with Crippen molar-refractivity contribution in [1.82, 2.24) is 4.90 Å². The maximum atomic E-state index is 12.3. The maximum absolute atomic E-state index is 12.3. The van der Waals surface area contributed by atoms with E-state index in [1.807, 2.05) is 20.8 Å². The summed E-state index contributed by atoms with van der Waals surface area (Å²) in [5.74, 6) is -0.426. The molecule has 25 heavy (non-hydrogen) atoms. The van der Waals surface area contributed by atoms with E-state index >= 15 is 0 Å². The molecule has 0 bridgehead atoms. The number of methoxy groups -OCH3 is 1. The highest BCUT2D eigenvalue weighted by Gasteiger charge is 2.32. The summed E-state index contributed by atoms with van der Waals surface area (Å²) in [5.41, 5.74) is 7.09. The van der Waals surface area contributed by atoms with Crippen molar-refractivity contribution in [2.75, 3.05) is 31.2 Å². The molecule has 0 aliphatic carbocycles. The van der Waals surface area contributed by atoms with Crippen LogP contribution in [0.3, 0.4) is 0 Å². The number of nitrogens with two attached hydrogens (primary N) is 1. The zero-order valence-electron chi connectivity index (χ0n) is 15.3. The van der Waals surface area contributed by atoms with Gasteiger partial charge in [-0.05, 0) is 51.8 Å². The molecule has 1 aromatic rings. The summed E-state index contributed by atoms with van der Waals surface area (Å²) >= 11 is 0. The lowest BCUT2D eigenvalue weighted by Gasteiger charge is -2.29. The van der Waals surface area contributed by atoms with Crippen molar-refractivity contribution in [3.05, 3.63) is 23.8 Å². The van der Waals surface area contributed by atoms with Crippen LogP contribution in [0, 0.1) is 0 Å². The molecular weight excluding hydrogens is 322 g/mol. The van der Waals surface area contributed by atoms with E-state index in [9.17, 15) is 9.59 Å². The lowest BCUT2D eigenvalue weighted by atomic mass is 10.1.